The van der Waals surface area contributed by atoms with E-state index in [1.165, 1.54) is 0 Å². The van der Waals surface area contributed by atoms with E-state index in [-0.39, 0.29) is 5.92 Å². The van der Waals surface area contributed by atoms with Gasteiger partial charge in [0, 0.05) is 23.6 Å². The van der Waals surface area contributed by atoms with Crippen LogP contribution in [0.1, 0.15) is 31.2 Å². The number of hydrazine groups is 1. The van der Waals surface area contributed by atoms with Crippen molar-refractivity contribution in [3.8, 4) is 0 Å². The molecule has 2 aromatic rings. The SMILES string of the molecule is CC(C)c1nc(NN)cc(NCc2ccccc2Cl)n1. The van der Waals surface area contributed by atoms with Crippen LogP contribution in [0.25, 0.3) is 0 Å². The Morgan fingerprint density at radius 2 is 1.90 bits per heavy atom. The molecule has 4 N–H and O–H groups in total. The molecule has 0 saturated carbocycles. The number of nitrogens with zero attached hydrogens (tertiary/aromatic N) is 2. The minimum absolute atomic E-state index is 0.226. The summed E-state index contributed by atoms with van der Waals surface area (Å²) in [5, 5.41) is 3.97. The van der Waals surface area contributed by atoms with Crippen LogP contribution in [0.4, 0.5) is 11.6 Å². The van der Waals surface area contributed by atoms with Gasteiger partial charge in [-0.2, -0.15) is 0 Å². The molecule has 0 aliphatic carbocycles. The Kier molecular flexibility index (Phi) is 4.76. The van der Waals surface area contributed by atoms with Gasteiger partial charge in [0.15, 0.2) is 0 Å². The third-order valence-electron chi connectivity index (χ3n) is 2.83. The minimum Gasteiger partial charge on any atom is -0.366 e. The topological polar surface area (TPSA) is 75.9 Å². The summed E-state index contributed by atoms with van der Waals surface area (Å²) in [6.07, 6.45) is 0. The van der Waals surface area contributed by atoms with E-state index in [1.54, 1.807) is 6.07 Å². The van der Waals surface area contributed by atoms with Gasteiger partial charge in [0.2, 0.25) is 0 Å². The lowest BCUT2D eigenvalue weighted by molar-refractivity contribution is 0.775. The minimum atomic E-state index is 0.226. The summed E-state index contributed by atoms with van der Waals surface area (Å²) in [5.74, 6) is 7.70. The predicted octanol–water partition coefficient (Wildman–Crippen LogP) is 3.15. The van der Waals surface area contributed by atoms with E-state index >= 15 is 0 Å². The van der Waals surface area contributed by atoms with Crippen LogP contribution in [0.15, 0.2) is 30.3 Å². The van der Waals surface area contributed by atoms with Gasteiger partial charge < -0.3 is 10.7 Å². The molecule has 0 unspecified atom stereocenters. The highest BCUT2D eigenvalue weighted by Gasteiger charge is 2.08. The summed E-state index contributed by atoms with van der Waals surface area (Å²) in [7, 11) is 0. The highest BCUT2D eigenvalue weighted by Crippen LogP contribution is 2.19. The van der Waals surface area contributed by atoms with E-state index < -0.39 is 0 Å². The number of aromatic nitrogens is 2. The highest BCUT2D eigenvalue weighted by molar-refractivity contribution is 6.31. The molecule has 0 aliphatic rings. The molecule has 0 bridgehead atoms. The molecule has 1 aromatic carbocycles. The first-order chi connectivity index (χ1) is 9.60. The molecular formula is C14H18ClN5. The van der Waals surface area contributed by atoms with Crippen LogP contribution in [-0.4, -0.2) is 9.97 Å². The van der Waals surface area contributed by atoms with Crippen LogP contribution in [-0.2, 0) is 6.54 Å². The molecule has 106 valence electrons. The number of halogens is 1. The first kappa shape index (κ1) is 14.6. The summed E-state index contributed by atoms with van der Waals surface area (Å²) in [6, 6.07) is 9.47. The van der Waals surface area contributed by atoms with Crippen LogP contribution < -0.4 is 16.6 Å². The number of hydrogen-bond donors (Lipinski definition) is 3. The number of rotatable bonds is 5. The number of hydrogen-bond acceptors (Lipinski definition) is 5. The van der Waals surface area contributed by atoms with Crippen LogP contribution in [0.3, 0.4) is 0 Å². The summed E-state index contributed by atoms with van der Waals surface area (Å²) >= 11 is 6.13. The second-order valence-corrected chi connectivity index (χ2v) is 5.15. The van der Waals surface area contributed by atoms with Gasteiger partial charge in [0.1, 0.15) is 17.5 Å². The van der Waals surface area contributed by atoms with E-state index in [0.29, 0.717) is 12.4 Å². The van der Waals surface area contributed by atoms with Gasteiger partial charge in [0.25, 0.3) is 0 Å². The smallest absolute Gasteiger partial charge is 0.145 e. The predicted molar refractivity (Wildman–Crippen MR) is 82.7 cm³/mol. The van der Waals surface area contributed by atoms with Crippen molar-refractivity contribution in [3.05, 3.63) is 46.7 Å². The summed E-state index contributed by atoms with van der Waals surface area (Å²) < 4.78 is 0. The van der Waals surface area contributed by atoms with Crippen LogP contribution in [0.2, 0.25) is 5.02 Å². The molecule has 1 aromatic heterocycles. The molecule has 0 atom stereocenters. The largest absolute Gasteiger partial charge is 0.366 e. The van der Waals surface area contributed by atoms with Crippen molar-refractivity contribution in [3.63, 3.8) is 0 Å². The normalized spacial score (nSPS) is 10.7. The molecule has 0 saturated heterocycles. The second kappa shape index (κ2) is 6.54. The molecule has 0 radical (unpaired) electrons. The van der Waals surface area contributed by atoms with E-state index in [2.05, 4.69) is 20.7 Å². The van der Waals surface area contributed by atoms with Gasteiger partial charge >= 0.3 is 0 Å². The summed E-state index contributed by atoms with van der Waals surface area (Å²) in [4.78, 5) is 8.78. The third-order valence-corrected chi connectivity index (χ3v) is 3.19. The molecular weight excluding hydrogens is 274 g/mol. The maximum Gasteiger partial charge on any atom is 0.145 e. The van der Waals surface area contributed by atoms with Gasteiger partial charge in [-0.15, -0.1) is 0 Å². The zero-order valence-electron chi connectivity index (χ0n) is 11.5. The Labute approximate surface area is 123 Å². The van der Waals surface area contributed by atoms with Crippen molar-refractivity contribution >= 4 is 23.2 Å². The first-order valence-electron chi connectivity index (χ1n) is 6.43. The molecule has 5 nitrogen and oxygen atoms in total. The van der Waals surface area contributed by atoms with Gasteiger partial charge in [-0.25, -0.2) is 15.8 Å². The van der Waals surface area contributed by atoms with E-state index in [9.17, 15) is 0 Å². The molecule has 1 heterocycles. The fourth-order valence-electron chi connectivity index (χ4n) is 1.72. The molecule has 2 rings (SSSR count). The van der Waals surface area contributed by atoms with Gasteiger partial charge in [-0.1, -0.05) is 43.6 Å². The first-order valence-corrected chi connectivity index (χ1v) is 6.81. The maximum absolute atomic E-state index is 6.13. The lowest BCUT2D eigenvalue weighted by Crippen LogP contribution is -2.13. The lowest BCUT2D eigenvalue weighted by atomic mass is 10.2. The average molecular weight is 292 g/mol. The number of benzene rings is 1. The zero-order valence-corrected chi connectivity index (χ0v) is 12.3. The van der Waals surface area contributed by atoms with Gasteiger partial charge in [0.05, 0.1) is 0 Å². The molecule has 0 fully saturated rings. The summed E-state index contributed by atoms with van der Waals surface area (Å²) in [6.45, 7) is 4.67. The van der Waals surface area contributed by atoms with Crippen molar-refractivity contribution in [2.45, 2.75) is 26.3 Å². The highest BCUT2D eigenvalue weighted by atomic mass is 35.5. The van der Waals surface area contributed by atoms with Crippen LogP contribution in [0.5, 0.6) is 0 Å². The zero-order chi connectivity index (χ0) is 14.5. The maximum atomic E-state index is 6.13. The fraction of sp³-hybridized carbons (Fsp3) is 0.286. The third kappa shape index (κ3) is 3.59. The van der Waals surface area contributed by atoms with Gasteiger partial charge in [-0.3, -0.25) is 0 Å². The molecule has 20 heavy (non-hydrogen) atoms. The standard InChI is InChI=1S/C14H18ClN5/c1-9(2)14-18-12(7-13(19-14)20-16)17-8-10-5-3-4-6-11(10)15/h3-7,9H,8,16H2,1-2H3,(H2,17,18,19,20). The van der Waals surface area contributed by atoms with Crippen molar-refractivity contribution < 1.29 is 0 Å². The number of nitrogens with one attached hydrogen (secondary N) is 2. The Morgan fingerprint density at radius 1 is 1.20 bits per heavy atom. The van der Waals surface area contributed by atoms with E-state index in [4.69, 9.17) is 17.4 Å². The van der Waals surface area contributed by atoms with E-state index in [1.807, 2.05) is 38.1 Å². The molecule has 0 aliphatic heterocycles. The Morgan fingerprint density at radius 3 is 2.55 bits per heavy atom. The van der Waals surface area contributed by atoms with Crippen molar-refractivity contribution in [1.29, 1.82) is 0 Å². The monoisotopic (exact) mass is 291 g/mol. The quantitative estimate of drug-likeness (QED) is 0.583. The molecule has 6 heteroatoms. The Bertz CT molecular complexity index is 586. The van der Waals surface area contributed by atoms with Crippen molar-refractivity contribution in [2.24, 2.45) is 5.84 Å². The number of nitrogens with two attached hydrogens (primary N) is 1. The number of anilines is 2. The molecule has 0 amide bonds. The summed E-state index contributed by atoms with van der Waals surface area (Å²) in [5.41, 5.74) is 3.57. The fourth-order valence-corrected chi connectivity index (χ4v) is 1.92. The van der Waals surface area contributed by atoms with Crippen molar-refractivity contribution in [1.82, 2.24) is 9.97 Å². The van der Waals surface area contributed by atoms with Gasteiger partial charge in [-0.05, 0) is 11.6 Å². The van der Waals surface area contributed by atoms with E-state index in [0.717, 1.165) is 22.2 Å². The Balaban J connectivity index is 2.17. The Hall–Kier alpha value is -1.85. The van der Waals surface area contributed by atoms with Crippen molar-refractivity contribution in [2.75, 3.05) is 10.7 Å². The molecule has 0 spiro atoms. The van der Waals surface area contributed by atoms with Crippen LogP contribution in [0, 0.1) is 0 Å². The lowest BCUT2D eigenvalue weighted by Gasteiger charge is -2.12. The average Bonchev–Trinajstić information content (AvgIpc) is 2.46. The second-order valence-electron chi connectivity index (χ2n) is 4.74. The number of nitrogen functional groups attached to an aromatic ring is 1. The van der Waals surface area contributed by atoms with Crippen LogP contribution >= 0.6 is 11.6 Å².